The van der Waals surface area contributed by atoms with Gasteiger partial charge < -0.3 is 15.8 Å². The van der Waals surface area contributed by atoms with Gasteiger partial charge in [0, 0.05) is 18.3 Å². The molecular weight excluding hydrogens is 232 g/mol. The Hall–Kier alpha value is -2.30. The van der Waals surface area contributed by atoms with Crippen LogP contribution in [0.2, 0.25) is 0 Å². The van der Waals surface area contributed by atoms with Gasteiger partial charge in [-0.25, -0.2) is 0 Å². The largest absolute Gasteiger partial charge is 0.469 e. The number of amides is 1. The molecule has 0 unspecified atom stereocenters. The van der Waals surface area contributed by atoms with Crippen LogP contribution in [0.4, 0.5) is 5.69 Å². The molecule has 0 aliphatic heterocycles. The van der Waals surface area contributed by atoms with E-state index in [1.807, 2.05) is 12.1 Å². The highest BCUT2D eigenvalue weighted by atomic mass is 16.5. The molecule has 0 aromatic heterocycles. The molecule has 1 rings (SSSR count). The standard InChI is InChI=1S/C13H16N2O3/c1-18-13(17)8-9-15-12(16)7-4-10-2-5-11(14)6-3-10/h2-7H,8-9,14H2,1H3,(H,15,16)/b7-4+. The van der Waals surface area contributed by atoms with Gasteiger partial charge in [-0.1, -0.05) is 12.1 Å². The van der Waals surface area contributed by atoms with Crippen molar-refractivity contribution >= 4 is 23.6 Å². The molecule has 0 spiro atoms. The van der Waals surface area contributed by atoms with E-state index in [9.17, 15) is 9.59 Å². The van der Waals surface area contributed by atoms with E-state index in [-0.39, 0.29) is 24.8 Å². The van der Waals surface area contributed by atoms with Crippen LogP contribution in [-0.4, -0.2) is 25.5 Å². The van der Waals surface area contributed by atoms with Gasteiger partial charge in [0.15, 0.2) is 0 Å². The first-order valence-electron chi connectivity index (χ1n) is 5.50. The normalized spacial score (nSPS) is 10.3. The Morgan fingerprint density at radius 2 is 2.00 bits per heavy atom. The summed E-state index contributed by atoms with van der Waals surface area (Å²) in [5.74, 6) is -0.603. The van der Waals surface area contributed by atoms with Crippen molar-refractivity contribution in [1.82, 2.24) is 5.32 Å². The van der Waals surface area contributed by atoms with E-state index in [4.69, 9.17) is 5.73 Å². The lowest BCUT2D eigenvalue weighted by atomic mass is 10.2. The van der Waals surface area contributed by atoms with Crippen LogP contribution >= 0.6 is 0 Å². The van der Waals surface area contributed by atoms with Crippen LogP contribution in [0, 0.1) is 0 Å². The Kier molecular flexibility index (Phi) is 5.44. The second-order valence-corrected chi connectivity index (χ2v) is 3.62. The third kappa shape index (κ3) is 5.16. The molecule has 3 N–H and O–H groups in total. The van der Waals surface area contributed by atoms with Crippen molar-refractivity contribution in [3.05, 3.63) is 35.9 Å². The third-order valence-corrected chi connectivity index (χ3v) is 2.22. The number of carbonyl (C=O) groups is 2. The molecule has 0 fully saturated rings. The molecule has 1 aromatic carbocycles. The number of nitrogen functional groups attached to an aromatic ring is 1. The number of rotatable bonds is 5. The highest BCUT2D eigenvalue weighted by Gasteiger charge is 2.00. The predicted molar refractivity (Wildman–Crippen MR) is 69.5 cm³/mol. The highest BCUT2D eigenvalue weighted by Crippen LogP contribution is 2.06. The Morgan fingerprint density at radius 3 is 2.61 bits per heavy atom. The molecule has 0 saturated heterocycles. The van der Waals surface area contributed by atoms with Crippen molar-refractivity contribution in [3.63, 3.8) is 0 Å². The lowest BCUT2D eigenvalue weighted by Crippen LogP contribution is -2.24. The van der Waals surface area contributed by atoms with Crippen molar-refractivity contribution in [3.8, 4) is 0 Å². The van der Waals surface area contributed by atoms with E-state index in [1.165, 1.54) is 13.2 Å². The first-order chi connectivity index (χ1) is 8.61. The number of benzene rings is 1. The number of hydrogen-bond donors (Lipinski definition) is 2. The number of methoxy groups -OCH3 is 1. The zero-order chi connectivity index (χ0) is 13.4. The molecule has 0 atom stereocenters. The number of nitrogens with one attached hydrogen (secondary N) is 1. The Balaban J connectivity index is 2.35. The number of ether oxygens (including phenoxy) is 1. The topological polar surface area (TPSA) is 81.4 Å². The number of anilines is 1. The van der Waals surface area contributed by atoms with Crippen LogP contribution < -0.4 is 11.1 Å². The molecule has 0 aliphatic carbocycles. The van der Waals surface area contributed by atoms with Crippen LogP contribution in [-0.2, 0) is 14.3 Å². The molecular formula is C13H16N2O3. The van der Waals surface area contributed by atoms with E-state index in [0.29, 0.717) is 5.69 Å². The molecule has 5 nitrogen and oxygen atoms in total. The van der Waals surface area contributed by atoms with Gasteiger partial charge >= 0.3 is 5.97 Å². The number of hydrogen-bond acceptors (Lipinski definition) is 4. The van der Waals surface area contributed by atoms with Crippen molar-refractivity contribution in [1.29, 1.82) is 0 Å². The van der Waals surface area contributed by atoms with Gasteiger partial charge in [0.1, 0.15) is 0 Å². The first-order valence-corrected chi connectivity index (χ1v) is 5.50. The van der Waals surface area contributed by atoms with Crippen LogP contribution in [0.3, 0.4) is 0 Å². The third-order valence-electron chi connectivity index (χ3n) is 2.22. The van der Waals surface area contributed by atoms with Gasteiger partial charge in [0.25, 0.3) is 0 Å². The van der Waals surface area contributed by atoms with Gasteiger partial charge in [0.2, 0.25) is 5.91 Å². The fraction of sp³-hybridized carbons (Fsp3) is 0.231. The Morgan fingerprint density at radius 1 is 1.33 bits per heavy atom. The molecule has 0 heterocycles. The summed E-state index contributed by atoms with van der Waals surface area (Å²) in [6.45, 7) is 0.261. The molecule has 0 aliphatic rings. The summed E-state index contributed by atoms with van der Waals surface area (Å²) in [5, 5.41) is 2.58. The number of carbonyl (C=O) groups excluding carboxylic acids is 2. The summed E-state index contributed by atoms with van der Waals surface area (Å²) in [5.41, 5.74) is 7.10. The first kappa shape index (κ1) is 13.8. The summed E-state index contributed by atoms with van der Waals surface area (Å²) < 4.78 is 4.45. The average Bonchev–Trinajstić information content (AvgIpc) is 2.38. The fourth-order valence-electron chi connectivity index (χ4n) is 1.23. The minimum Gasteiger partial charge on any atom is -0.469 e. The maximum atomic E-state index is 11.4. The van der Waals surface area contributed by atoms with Crippen molar-refractivity contribution in [2.45, 2.75) is 6.42 Å². The maximum absolute atomic E-state index is 11.4. The molecule has 96 valence electrons. The van der Waals surface area contributed by atoms with E-state index in [1.54, 1.807) is 18.2 Å². The SMILES string of the molecule is COC(=O)CCNC(=O)/C=C/c1ccc(N)cc1. The Labute approximate surface area is 106 Å². The number of nitrogens with two attached hydrogens (primary N) is 1. The van der Waals surface area contributed by atoms with Gasteiger partial charge in [-0.2, -0.15) is 0 Å². The quantitative estimate of drug-likeness (QED) is 0.462. The van der Waals surface area contributed by atoms with Crippen LogP contribution in [0.1, 0.15) is 12.0 Å². The lowest BCUT2D eigenvalue weighted by molar-refractivity contribution is -0.140. The summed E-state index contributed by atoms with van der Waals surface area (Å²) in [4.78, 5) is 22.2. The van der Waals surface area contributed by atoms with E-state index in [0.717, 1.165) is 5.56 Å². The molecule has 1 amide bonds. The monoisotopic (exact) mass is 248 g/mol. The van der Waals surface area contributed by atoms with E-state index in [2.05, 4.69) is 10.1 Å². The van der Waals surface area contributed by atoms with Crippen LogP contribution in [0.15, 0.2) is 30.3 Å². The smallest absolute Gasteiger partial charge is 0.307 e. The highest BCUT2D eigenvalue weighted by molar-refractivity contribution is 5.91. The van der Waals surface area contributed by atoms with Crippen LogP contribution in [0.25, 0.3) is 6.08 Å². The summed E-state index contributed by atoms with van der Waals surface area (Å²) in [7, 11) is 1.31. The number of esters is 1. The van der Waals surface area contributed by atoms with Gasteiger partial charge in [0.05, 0.1) is 13.5 Å². The molecule has 0 bridgehead atoms. The van der Waals surface area contributed by atoms with Crippen molar-refractivity contribution in [2.24, 2.45) is 0 Å². The molecule has 1 aromatic rings. The summed E-state index contributed by atoms with van der Waals surface area (Å²) >= 11 is 0. The minimum atomic E-state index is -0.349. The average molecular weight is 248 g/mol. The Bertz CT molecular complexity index is 438. The van der Waals surface area contributed by atoms with Crippen molar-refractivity contribution in [2.75, 3.05) is 19.4 Å². The fourth-order valence-corrected chi connectivity index (χ4v) is 1.23. The zero-order valence-corrected chi connectivity index (χ0v) is 10.2. The van der Waals surface area contributed by atoms with Crippen LogP contribution in [0.5, 0.6) is 0 Å². The lowest BCUT2D eigenvalue weighted by Gasteiger charge is -2.00. The van der Waals surface area contributed by atoms with E-state index >= 15 is 0 Å². The molecule has 5 heteroatoms. The summed E-state index contributed by atoms with van der Waals surface area (Å²) in [6, 6.07) is 7.14. The predicted octanol–water partition coefficient (Wildman–Crippen LogP) is 0.961. The molecule has 0 radical (unpaired) electrons. The van der Waals surface area contributed by atoms with Gasteiger partial charge in [-0.15, -0.1) is 0 Å². The zero-order valence-electron chi connectivity index (χ0n) is 10.2. The second kappa shape index (κ2) is 7.11. The van der Waals surface area contributed by atoms with Gasteiger partial charge in [-0.05, 0) is 23.8 Å². The maximum Gasteiger partial charge on any atom is 0.307 e. The van der Waals surface area contributed by atoms with Gasteiger partial charge in [-0.3, -0.25) is 9.59 Å². The molecule has 18 heavy (non-hydrogen) atoms. The minimum absolute atomic E-state index is 0.165. The summed E-state index contributed by atoms with van der Waals surface area (Å²) in [6.07, 6.45) is 3.24. The second-order valence-electron chi connectivity index (χ2n) is 3.62. The van der Waals surface area contributed by atoms with Crippen molar-refractivity contribution < 1.29 is 14.3 Å². The van der Waals surface area contributed by atoms with E-state index < -0.39 is 0 Å². The molecule has 0 saturated carbocycles.